The van der Waals surface area contributed by atoms with Crippen molar-refractivity contribution in [3.05, 3.63) is 30.3 Å². The molecule has 0 aromatic heterocycles. The van der Waals surface area contributed by atoms with Crippen molar-refractivity contribution in [2.24, 2.45) is 0 Å². The lowest BCUT2D eigenvalue weighted by Gasteiger charge is -2.36. The molecule has 0 aliphatic carbocycles. The predicted molar refractivity (Wildman–Crippen MR) is 88.5 cm³/mol. The molecule has 0 spiro atoms. The number of para-hydroxylation sites is 1. The minimum atomic E-state index is 0.0989. The minimum absolute atomic E-state index is 0.0989. The van der Waals surface area contributed by atoms with Gasteiger partial charge in [0.05, 0.1) is 19.0 Å². The highest BCUT2D eigenvalue weighted by atomic mass is 16.2. The second-order valence-corrected chi connectivity index (χ2v) is 5.82. The van der Waals surface area contributed by atoms with E-state index < -0.39 is 0 Å². The van der Waals surface area contributed by atoms with Crippen LogP contribution in [-0.4, -0.2) is 36.5 Å². The molecule has 22 heavy (non-hydrogen) atoms. The maximum absolute atomic E-state index is 12.8. The van der Waals surface area contributed by atoms with E-state index in [2.05, 4.69) is 17.9 Å². The second-order valence-electron chi connectivity index (χ2n) is 5.82. The molecule has 0 saturated carbocycles. The lowest BCUT2D eigenvalue weighted by Crippen LogP contribution is -2.47. The number of likely N-dealkylation sites (tertiary alicyclic amines) is 1. The highest BCUT2D eigenvalue weighted by Crippen LogP contribution is 2.20. The summed E-state index contributed by atoms with van der Waals surface area (Å²) in [7, 11) is 0. The Hall–Kier alpha value is -1.86. The SMILES string of the molecule is CC[C@H]1CCCCN1CC(=O)N(CCC#N)c1ccccc1. The molecule has 1 saturated heterocycles. The molecule has 1 aliphatic rings. The molecule has 1 heterocycles. The summed E-state index contributed by atoms with van der Waals surface area (Å²) in [5.41, 5.74) is 0.882. The van der Waals surface area contributed by atoms with Crippen molar-refractivity contribution in [2.75, 3.05) is 24.5 Å². The van der Waals surface area contributed by atoms with E-state index in [-0.39, 0.29) is 5.91 Å². The first kappa shape index (κ1) is 16.5. The van der Waals surface area contributed by atoms with Gasteiger partial charge in [0.25, 0.3) is 0 Å². The number of hydrogen-bond donors (Lipinski definition) is 0. The molecule has 0 radical (unpaired) electrons. The van der Waals surface area contributed by atoms with Crippen LogP contribution in [0.2, 0.25) is 0 Å². The number of piperidine rings is 1. The molecule has 1 aliphatic heterocycles. The van der Waals surface area contributed by atoms with Crippen LogP contribution in [0, 0.1) is 11.3 Å². The third-order valence-corrected chi connectivity index (χ3v) is 4.37. The van der Waals surface area contributed by atoms with Gasteiger partial charge < -0.3 is 4.90 Å². The number of anilines is 1. The van der Waals surface area contributed by atoms with Crippen molar-refractivity contribution in [3.8, 4) is 6.07 Å². The fourth-order valence-corrected chi connectivity index (χ4v) is 3.16. The third-order valence-electron chi connectivity index (χ3n) is 4.37. The van der Waals surface area contributed by atoms with Crippen molar-refractivity contribution in [3.63, 3.8) is 0 Å². The number of carbonyl (C=O) groups is 1. The van der Waals surface area contributed by atoms with Gasteiger partial charge in [0.15, 0.2) is 0 Å². The molecule has 4 heteroatoms. The van der Waals surface area contributed by atoms with E-state index in [1.165, 1.54) is 19.3 Å². The summed E-state index contributed by atoms with van der Waals surface area (Å²) in [6, 6.07) is 12.3. The van der Waals surface area contributed by atoms with Gasteiger partial charge in [0, 0.05) is 18.3 Å². The first-order chi connectivity index (χ1) is 10.8. The maximum Gasteiger partial charge on any atom is 0.241 e. The molecule has 2 rings (SSSR count). The summed E-state index contributed by atoms with van der Waals surface area (Å²) in [5, 5.41) is 8.85. The highest BCUT2D eigenvalue weighted by molar-refractivity contribution is 5.94. The van der Waals surface area contributed by atoms with Crippen molar-refractivity contribution in [1.82, 2.24) is 4.90 Å². The first-order valence-corrected chi connectivity index (χ1v) is 8.22. The molecule has 1 amide bonds. The summed E-state index contributed by atoms with van der Waals surface area (Å²) in [4.78, 5) is 16.8. The number of nitrogens with zero attached hydrogens (tertiary/aromatic N) is 3. The van der Waals surface area contributed by atoms with E-state index in [1.54, 1.807) is 4.90 Å². The van der Waals surface area contributed by atoms with Gasteiger partial charge in [-0.3, -0.25) is 9.69 Å². The lowest BCUT2D eigenvalue weighted by molar-refractivity contribution is -0.120. The number of carbonyl (C=O) groups excluding carboxylic acids is 1. The summed E-state index contributed by atoms with van der Waals surface area (Å²) in [6.45, 7) is 4.12. The number of nitriles is 1. The fraction of sp³-hybridized carbons (Fsp3) is 0.556. The van der Waals surface area contributed by atoms with Crippen molar-refractivity contribution >= 4 is 11.6 Å². The Kier molecular flexibility index (Phi) is 6.42. The second kappa shape index (κ2) is 8.55. The summed E-state index contributed by atoms with van der Waals surface area (Å²) >= 11 is 0. The van der Waals surface area contributed by atoms with Crippen LogP contribution < -0.4 is 4.90 Å². The predicted octanol–water partition coefficient (Wildman–Crippen LogP) is 3.20. The minimum Gasteiger partial charge on any atom is -0.310 e. The molecule has 1 atom stereocenters. The van der Waals surface area contributed by atoms with Gasteiger partial charge in [-0.15, -0.1) is 0 Å². The molecule has 0 unspecified atom stereocenters. The molecular weight excluding hydrogens is 274 g/mol. The zero-order valence-electron chi connectivity index (χ0n) is 13.4. The van der Waals surface area contributed by atoms with E-state index in [1.807, 2.05) is 30.3 Å². The molecule has 0 N–H and O–H groups in total. The largest absolute Gasteiger partial charge is 0.310 e. The normalized spacial score (nSPS) is 18.6. The van der Waals surface area contributed by atoms with Crippen LogP contribution in [0.1, 0.15) is 39.0 Å². The molecule has 0 bridgehead atoms. The monoisotopic (exact) mass is 299 g/mol. The summed E-state index contributed by atoms with van der Waals surface area (Å²) in [6.07, 6.45) is 5.08. The topological polar surface area (TPSA) is 47.3 Å². The molecular formula is C18H25N3O. The molecule has 118 valence electrons. The average molecular weight is 299 g/mol. The zero-order chi connectivity index (χ0) is 15.8. The number of rotatable bonds is 6. The number of benzene rings is 1. The van der Waals surface area contributed by atoms with E-state index in [9.17, 15) is 4.79 Å². The standard InChI is InChI=1S/C18H25N3O/c1-2-16-9-6-7-13-20(16)15-18(22)21(14-8-12-19)17-10-4-3-5-11-17/h3-5,10-11,16H,2,6-9,13-15H2,1H3/t16-/m0/s1. The average Bonchev–Trinajstić information content (AvgIpc) is 2.56. The van der Waals surface area contributed by atoms with Gasteiger partial charge in [-0.1, -0.05) is 31.5 Å². The number of amides is 1. The number of hydrogen-bond acceptors (Lipinski definition) is 3. The molecule has 1 aromatic rings. The quantitative estimate of drug-likeness (QED) is 0.810. The van der Waals surface area contributed by atoms with E-state index in [0.717, 1.165) is 18.7 Å². The molecule has 4 nitrogen and oxygen atoms in total. The van der Waals surface area contributed by atoms with Crippen LogP contribution >= 0.6 is 0 Å². The van der Waals surface area contributed by atoms with E-state index in [4.69, 9.17) is 5.26 Å². The Morgan fingerprint density at radius 1 is 1.36 bits per heavy atom. The Bertz CT molecular complexity index is 509. The van der Waals surface area contributed by atoms with Crippen LogP contribution in [0.3, 0.4) is 0 Å². The Labute approximate surface area is 133 Å². The Balaban J connectivity index is 2.06. The zero-order valence-corrected chi connectivity index (χ0v) is 13.4. The van der Waals surface area contributed by atoms with Crippen molar-refractivity contribution < 1.29 is 4.79 Å². The molecule has 1 aromatic carbocycles. The van der Waals surface area contributed by atoms with E-state index >= 15 is 0 Å². The van der Waals surface area contributed by atoms with Crippen LogP contribution in [0.4, 0.5) is 5.69 Å². The lowest BCUT2D eigenvalue weighted by atomic mass is 10.00. The van der Waals surface area contributed by atoms with Gasteiger partial charge in [0.2, 0.25) is 5.91 Å². The maximum atomic E-state index is 12.8. The van der Waals surface area contributed by atoms with Crippen molar-refractivity contribution in [1.29, 1.82) is 5.26 Å². The highest BCUT2D eigenvalue weighted by Gasteiger charge is 2.25. The third kappa shape index (κ3) is 4.32. The van der Waals surface area contributed by atoms with Crippen LogP contribution in [0.25, 0.3) is 0 Å². The van der Waals surface area contributed by atoms with Gasteiger partial charge in [-0.05, 0) is 37.9 Å². The van der Waals surface area contributed by atoms with Crippen LogP contribution in [0.15, 0.2) is 30.3 Å². The van der Waals surface area contributed by atoms with Gasteiger partial charge in [-0.2, -0.15) is 5.26 Å². The molecule has 1 fully saturated rings. The van der Waals surface area contributed by atoms with Crippen molar-refractivity contribution in [2.45, 2.75) is 45.1 Å². The van der Waals surface area contributed by atoms with Gasteiger partial charge in [-0.25, -0.2) is 0 Å². The van der Waals surface area contributed by atoms with Crippen LogP contribution in [-0.2, 0) is 4.79 Å². The first-order valence-electron chi connectivity index (χ1n) is 8.22. The summed E-state index contributed by atoms with van der Waals surface area (Å²) in [5.74, 6) is 0.0989. The van der Waals surface area contributed by atoms with Gasteiger partial charge >= 0.3 is 0 Å². The smallest absolute Gasteiger partial charge is 0.241 e. The van der Waals surface area contributed by atoms with E-state index in [0.29, 0.717) is 25.6 Å². The Morgan fingerprint density at radius 2 is 2.14 bits per heavy atom. The van der Waals surface area contributed by atoms with Gasteiger partial charge in [0.1, 0.15) is 0 Å². The fourth-order valence-electron chi connectivity index (χ4n) is 3.16. The van der Waals surface area contributed by atoms with Crippen LogP contribution in [0.5, 0.6) is 0 Å². The Morgan fingerprint density at radius 3 is 2.82 bits per heavy atom. The summed E-state index contributed by atoms with van der Waals surface area (Å²) < 4.78 is 0.